The van der Waals surface area contributed by atoms with Gasteiger partial charge in [-0.15, -0.1) is 0 Å². The lowest BCUT2D eigenvalue weighted by Gasteiger charge is -2.11. The number of sulfonamides is 1. The van der Waals surface area contributed by atoms with Gasteiger partial charge in [-0.25, -0.2) is 16.8 Å². The van der Waals surface area contributed by atoms with Crippen LogP contribution in [0.3, 0.4) is 0 Å². The van der Waals surface area contributed by atoms with Crippen molar-refractivity contribution in [2.45, 2.75) is 10.6 Å². The van der Waals surface area contributed by atoms with E-state index in [0.29, 0.717) is 10.9 Å². The average molecular weight is 351 g/mol. The first-order valence-electron chi connectivity index (χ1n) is 6.61. The van der Waals surface area contributed by atoms with Crippen LogP contribution in [0.2, 0.25) is 0 Å². The van der Waals surface area contributed by atoms with E-state index in [2.05, 4.69) is 14.9 Å². The fourth-order valence-electron chi connectivity index (χ4n) is 2.19. The minimum absolute atomic E-state index is 0.0766. The van der Waals surface area contributed by atoms with Crippen molar-refractivity contribution in [3.63, 3.8) is 0 Å². The lowest BCUT2D eigenvalue weighted by molar-refractivity contribution is 0.601. The van der Waals surface area contributed by atoms with Crippen molar-refractivity contribution in [2.75, 3.05) is 4.72 Å². The van der Waals surface area contributed by atoms with E-state index in [4.69, 9.17) is 0 Å². The van der Waals surface area contributed by atoms with Gasteiger partial charge in [0, 0.05) is 5.39 Å². The number of aromatic amines is 1. The highest BCUT2D eigenvalue weighted by atomic mass is 32.2. The van der Waals surface area contributed by atoms with Gasteiger partial charge in [0.05, 0.1) is 28.0 Å². The van der Waals surface area contributed by atoms with E-state index in [0.717, 1.165) is 5.52 Å². The number of para-hydroxylation sites is 1. The summed E-state index contributed by atoms with van der Waals surface area (Å²) in [6, 6.07) is 11.0. The van der Waals surface area contributed by atoms with E-state index in [-0.39, 0.29) is 16.3 Å². The summed E-state index contributed by atoms with van der Waals surface area (Å²) in [5, 5.41) is 7.26. The summed E-state index contributed by atoms with van der Waals surface area (Å²) < 4.78 is 49.3. The number of rotatable bonds is 5. The van der Waals surface area contributed by atoms with Crippen molar-refractivity contribution in [3.8, 4) is 0 Å². The normalized spacial score (nSPS) is 11.9. The van der Waals surface area contributed by atoms with Gasteiger partial charge >= 0.3 is 0 Å². The van der Waals surface area contributed by atoms with Gasteiger partial charge in [0.1, 0.15) is 10.7 Å². The SMILES string of the molecule is O=[SH](=O)Cc1ccccc1NS(=O)(=O)c1ccc2[nH]ncc2c1. The zero-order valence-corrected chi connectivity index (χ0v) is 13.5. The number of anilines is 1. The molecular formula is C14H13N3O4S2. The zero-order valence-electron chi connectivity index (χ0n) is 11.8. The summed E-state index contributed by atoms with van der Waals surface area (Å²) in [4.78, 5) is 0.0766. The maximum absolute atomic E-state index is 12.5. The maximum Gasteiger partial charge on any atom is 0.261 e. The van der Waals surface area contributed by atoms with Crippen molar-refractivity contribution in [1.29, 1.82) is 0 Å². The Morgan fingerprint density at radius 2 is 1.91 bits per heavy atom. The predicted octanol–water partition coefficient (Wildman–Crippen LogP) is 1.48. The summed E-state index contributed by atoms with van der Waals surface area (Å²) in [6.07, 6.45) is 1.53. The molecule has 3 rings (SSSR count). The Morgan fingerprint density at radius 3 is 2.70 bits per heavy atom. The van der Waals surface area contributed by atoms with Crippen molar-refractivity contribution in [3.05, 3.63) is 54.2 Å². The molecule has 1 aromatic heterocycles. The minimum Gasteiger partial charge on any atom is -0.279 e. The number of nitrogens with one attached hydrogen (secondary N) is 2. The van der Waals surface area contributed by atoms with Crippen LogP contribution in [-0.4, -0.2) is 27.0 Å². The van der Waals surface area contributed by atoms with Crippen LogP contribution < -0.4 is 4.72 Å². The second kappa shape index (κ2) is 6.01. The first-order chi connectivity index (χ1) is 11.0. The van der Waals surface area contributed by atoms with Crippen LogP contribution in [-0.2, 0) is 26.5 Å². The molecule has 2 aromatic carbocycles. The molecule has 0 saturated heterocycles. The number of H-pyrrole nitrogens is 1. The van der Waals surface area contributed by atoms with Crippen molar-refractivity contribution >= 4 is 37.3 Å². The fraction of sp³-hybridized carbons (Fsp3) is 0.0714. The lowest BCUT2D eigenvalue weighted by atomic mass is 10.2. The summed E-state index contributed by atoms with van der Waals surface area (Å²) in [5.41, 5.74) is 1.38. The van der Waals surface area contributed by atoms with E-state index in [1.807, 2.05) is 0 Å². The summed E-state index contributed by atoms with van der Waals surface area (Å²) >= 11 is 0. The van der Waals surface area contributed by atoms with Crippen LogP contribution in [0, 0.1) is 0 Å². The molecular weight excluding hydrogens is 338 g/mol. The molecule has 23 heavy (non-hydrogen) atoms. The molecule has 0 aliphatic carbocycles. The highest BCUT2D eigenvalue weighted by Crippen LogP contribution is 2.22. The van der Waals surface area contributed by atoms with Crippen LogP contribution in [0.25, 0.3) is 10.9 Å². The van der Waals surface area contributed by atoms with Gasteiger partial charge in [-0.2, -0.15) is 5.10 Å². The Kier molecular flexibility index (Phi) is 4.05. The molecule has 9 heteroatoms. The lowest BCUT2D eigenvalue weighted by Crippen LogP contribution is -2.14. The zero-order chi connectivity index (χ0) is 16.4. The summed E-state index contributed by atoms with van der Waals surface area (Å²) in [7, 11) is -6.48. The third kappa shape index (κ3) is 3.35. The second-order valence-corrected chi connectivity index (χ2v) is 7.54. The van der Waals surface area contributed by atoms with E-state index in [1.54, 1.807) is 24.3 Å². The number of hydrogen-bond acceptors (Lipinski definition) is 5. The van der Waals surface area contributed by atoms with Crippen molar-refractivity contribution in [2.24, 2.45) is 0 Å². The smallest absolute Gasteiger partial charge is 0.261 e. The Balaban J connectivity index is 1.98. The highest BCUT2D eigenvalue weighted by molar-refractivity contribution is 7.92. The Bertz CT molecular complexity index is 1030. The van der Waals surface area contributed by atoms with Gasteiger partial charge in [-0.1, -0.05) is 18.2 Å². The van der Waals surface area contributed by atoms with Crippen LogP contribution >= 0.6 is 0 Å². The first-order valence-corrected chi connectivity index (χ1v) is 9.46. The van der Waals surface area contributed by atoms with Crippen molar-refractivity contribution in [1.82, 2.24) is 10.2 Å². The van der Waals surface area contributed by atoms with E-state index < -0.39 is 20.7 Å². The number of benzene rings is 2. The third-order valence-electron chi connectivity index (χ3n) is 3.28. The topological polar surface area (TPSA) is 109 Å². The van der Waals surface area contributed by atoms with Crippen LogP contribution in [0.1, 0.15) is 5.56 Å². The van der Waals surface area contributed by atoms with Gasteiger partial charge in [0.2, 0.25) is 0 Å². The minimum atomic E-state index is -3.83. The monoisotopic (exact) mass is 351 g/mol. The Hall–Kier alpha value is -2.39. The summed E-state index contributed by atoms with van der Waals surface area (Å²) in [5.74, 6) is -0.227. The summed E-state index contributed by atoms with van der Waals surface area (Å²) in [6.45, 7) is 0. The van der Waals surface area contributed by atoms with Crippen LogP contribution in [0.15, 0.2) is 53.6 Å². The molecule has 0 spiro atoms. The number of thiol groups is 1. The molecule has 2 N–H and O–H groups in total. The molecule has 0 saturated carbocycles. The molecule has 0 aliphatic rings. The second-order valence-electron chi connectivity index (χ2n) is 4.87. The van der Waals surface area contributed by atoms with Gasteiger partial charge in [0.15, 0.2) is 0 Å². The molecule has 0 fully saturated rings. The standard InChI is InChI=1S/C14H13N3O4S2/c18-22(19)9-10-3-1-2-4-14(10)17-23(20,21)12-5-6-13-11(7-12)8-15-16-13/h1-8,17,22H,9H2,(H,15,16). The van der Waals surface area contributed by atoms with E-state index in [9.17, 15) is 16.8 Å². The van der Waals surface area contributed by atoms with Gasteiger partial charge in [0.25, 0.3) is 10.0 Å². The Morgan fingerprint density at radius 1 is 1.13 bits per heavy atom. The van der Waals surface area contributed by atoms with E-state index >= 15 is 0 Å². The van der Waals surface area contributed by atoms with Gasteiger partial charge in [-0.3, -0.25) is 9.82 Å². The highest BCUT2D eigenvalue weighted by Gasteiger charge is 2.17. The molecule has 0 radical (unpaired) electrons. The largest absolute Gasteiger partial charge is 0.279 e. The van der Waals surface area contributed by atoms with Crippen LogP contribution in [0.5, 0.6) is 0 Å². The molecule has 120 valence electrons. The molecule has 0 atom stereocenters. The molecule has 1 heterocycles. The maximum atomic E-state index is 12.5. The number of aromatic nitrogens is 2. The molecule has 3 aromatic rings. The molecule has 0 bridgehead atoms. The average Bonchev–Trinajstić information content (AvgIpc) is 2.96. The number of hydrogen-bond donors (Lipinski definition) is 3. The Labute approximate surface area is 134 Å². The van der Waals surface area contributed by atoms with Gasteiger partial charge in [-0.05, 0) is 29.8 Å². The molecule has 0 aliphatic heterocycles. The van der Waals surface area contributed by atoms with Crippen LogP contribution in [0.4, 0.5) is 5.69 Å². The molecule has 0 unspecified atom stereocenters. The first kappa shape index (κ1) is 15.5. The van der Waals surface area contributed by atoms with Crippen molar-refractivity contribution < 1.29 is 16.8 Å². The van der Waals surface area contributed by atoms with E-state index in [1.165, 1.54) is 24.4 Å². The van der Waals surface area contributed by atoms with Gasteiger partial charge < -0.3 is 0 Å². The third-order valence-corrected chi connectivity index (χ3v) is 5.25. The quantitative estimate of drug-likeness (QED) is 0.603. The number of fused-ring (bicyclic) bond motifs is 1. The predicted molar refractivity (Wildman–Crippen MR) is 87.4 cm³/mol. The number of nitrogens with zero attached hydrogens (tertiary/aromatic N) is 1. The fourth-order valence-corrected chi connectivity index (χ4v) is 3.88. The molecule has 0 amide bonds. The molecule has 7 nitrogen and oxygen atoms in total.